The van der Waals surface area contributed by atoms with Gasteiger partial charge in [-0.15, -0.1) is 0 Å². The van der Waals surface area contributed by atoms with E-state index >= 15 is 0 Å². The van der Waals surface area contributed by atoms with Gasteiger partial charge >= 0.3 is 5.97 Å². The number of aliphatic carboxylic acids is 1. The Bertz CT molecular complexity index is 545. The average Bonchev–Trinajstić information content (AvgIpc) is 2.89. The van der Waals surface area contributed by atoms with Gasteiger partial charge in [0.1, 0.15) is 0 Å². The molecule has 1 aliphatic rings. The Hall–Kier alpha value is -1.92. The molecule has 2 rings (SSSR count). The number of ether oxygens (including phenoxy) is 2. The highest BCUT2D eigenvalue weighted by Crippen LogP contribution is 2.26. The van der Waals surface area contributed by atoms with E-state index in [-0.39, 0.29) is 24.5 Å². The molecule has 120 valence electrons. The molecule has 0 aromatic heterocycles. The van der Waals surface area contributed by atoms with Crippen molar-refractivity contribution >= 4 is 11.9 Å². The number of carboxylic acids is 1. The number of benzene rings is 1. The summed E-state index contributed by atoms with van der Waals surface area (Å²) in [5, 5.41) is 9.04. The van der Waals surface area contributed by atoms with Gasteiger partial charge in [0.05, 0.1) is 19.1 Å². The van der Waals surface area contributed by atoms with E-state index in [4.69, 9.17) is 14.6 Å². The first-order valence-corrected chi connectivity index (χ1v) is 7.19. The molecular formula is C16H21NO5. The van der Waals surface area contributed by atoms with E-state index < -0.39 is 5.97 Å². The van der Waals surface area contributed by atoms with E-state index in [1.807, 2.05) is 12.1 Å². The number of hydrogen-bond acceptors (Lipinski definition) is 4. The van der Waals surface area contributed by atoms with Crippen molar-refractivity contribution in [3.8, 4) is 0 Å². The van der Waals surface area contributed by atoms with Gasteiger partial charge < -0.3 is 19.5 Å². The van der Waals surface area contributed by atoms with Gasteiger partial charge in [-0.1, -0.05) is 18.2 Å². The third kappa shape index (κ3) is 3.64. The summed E-state index contributed by atoms with van der Waals surface area (Å²) in [6, 6.07) is 6.89. The normalized spacial score (nSPS) is 21.1. The molecule has 1 aromatic carbocycles. The zero-order valence-electron chi connectivity index (χ0n) is 12.8. The number of methoxy groups -OCH3 is 2. The SMILES string of the molecule is COCc1ccccc1C(=O)N1CC(OC)CC1CC(=O)O. The lowest BCUT2D eigenvalue weighted by molar-refractivity contribution is -0.137. The average molecular weight is 307 g/mol. The number of amides is 1. The summed E-state index contributed by atoms with van der Waals surface area (Å²) in [5.74, 6) is -1.08. The maximum absolute atomic E-state index is 12.8. The molecule has 0 bridgehead atoms. The molecule has 2 unspecified atom stereocenters. The Morgan fingerprint density at radius 3 is 2.68 bits per heavy atom. The summed E-state index contributed by atoms with van der Waals surface area (Å²) in [6.07, 6.45) is 0.349. The molecule has 1 heterocycles. The van der Waals surface area contributed by atoms with Gasteiger partial charge in [0, 0.05) is 32.4 Å². The number of rotatable bonds is 6. The summed E-state index contributed by atoms with van der Waals surface area (Å²) in [7, 11) is 3.15. The predicted molar refractivity (Wildman–Crippen MR) is 79.6 cm³/mol. The Kier molecular flexibility index (Phi) is 5.51. The number of carboxylic acid groups (broad SMARTS) is 1. The third-order valence-corrected chi connectivity index (χ3v) is 3.93. The first-order chi connectivity index (χ1) is 10.6. The minimum absolute atomic E-state index is 0.0714. The van der Waals surface area contributed by atoms with Crippen molar-refractivity contribution in [2.75, 3.05) is 20.8 Å². The second-order valence-electron chi connectivity index (χ2n) is 5.39. The lowest BCUT2D eigenvalue weighted by Gasteiger charge is -2.24. The zero-order valence-corrected chi connectivity index (χ0v) is 12.8. The molecule has 1 saturated heterocycles. The maximum atomic E-state index is 12.8. The van der Waals surface area contributed by atoms with E-state index in [1.54, 1.807) is 31.3 Å². The van der Waals surface area contributed by atoms with E-state index in [0.29, 0.717) is 25.1 Å². The molecule has 1 aliphatic heterocycles. The lowest BCUT2D eigenvalue weighted by atomic mass is 10.1. The van der Waals surface area contributed by atoms with Crippen LogP contribution in [0.3, 0.4) is 0 Å². The molecule has 1 fully saturated rings. The van der Waals surface area contributed by atoms with Crippen LogP contribution in [-0.4, -0.2) is 54.8 Å². The highest BCUT2D eigenvalue weighted by molar-refractivity contribution is 5.96. The number of likely N-dealkylation sites (tertiary alicyclic amines) is 1. The molecule has 0 saturated carbocycles. The monoisotopic (exact) mass is 307 g/mol. The summed E-state index contributed by atoms with van der Waals surface area (Å²) < 4.78 is 10.4. The molecule has 1 aromatic rings. The molecule has 0 radical (unpaired) electrons. The van der Waals surface area contributed by atoms with Crippen molar-refractivity contribution in [2.24, 2.45) is 0 Å². The van der Waals surface area contributed by atoms with Crippen LogP contribution in [0.1, 0.15) is 28.8 Å². The maximum Gasteiger partial charge on any atom is 0.305 e. The summed E-state index contributed by atoms with van der Waals surface area (Å²) in [4.78, 5) is 25.5. The molecule has 0 aliphatic carbocycles. The first kappa shape index (κ1) is 16.5. The standard InChI is InChI=1S/C16H21NO5/c1-21-10-11-5-3-4-6-14(11)16(20)17-9-13(22-2)7-12(17)8-15(18)19/h3-6,12-13H,7-10H2,1-2H3,(H,18,19). The summed E-state index contributed by atoms with van der Waals surface area (Å²) >= 11 is 0. The predicted octanol–water partition coefficient (Wildman–Crippen LogP) is 1.54. The van der Waals surface area contributed by atoms with E-state index in [0.717, 1.165) is 5.56 Å². The smallest absolute Gasteiger partial charge is 0.305 e. The van der Waals surface area contributed by atoms with Crippen LogP contribution in [0.25, 0.3) is 0 Å². The number of carbonyl (C=O) groups excluding carboxylic acids is 1. The lowest BCUT2D eigenvalue weighted by Crippen LogP contribution is -2.37. The zero-order chi connectivity index (χ0) is 16.1. The minimum atomic E-state index is -0.912. The highest BCUT2D eigenvalue weighted by Gasteiger charge is 2.37. The van der Waals surface area contributed by atoms with Crippen LogP contribution in [0, 0.1) is 0 Å². The van der Waals surface area contributed by atoms with Crippen molar-refractivity contribution < 1.29 is 24.2 Å². The Balaban J connectivity index is 2.24. The van der Waals surface area contributed by atoms with Crippen molar-refractivity contribution in [2.45, 2.75) is 31.6 Å². The van der Waals surface area contributed by atoms with Crippen LogP contribution in [0.4, 0.5) is 0 Å². The van der Waals surface area contributed by atoms with Gasteiger partial charge in [0.2, 0.25) is 0 Å². The Morgan fingerprint density at radius 1 is 1.32 bits per heavy atom. The van der Waals surface area contributed by atoms with Crippen LogP contribution in [-0.2, 0) is 20.9 Å². The fourth-order valence-electron chi connectivity index (χ4n) is 2.85. The van der Waals surface area contributed by atoms with Crippen molar-refractivity contribution in [1.82, 2.24) is 4.90 Å². The largest absolute Gasteiger partial charge is 0.481 e. The van der Waals surface area contributed by atoms with Crippen LogP contribution < -0.4 is 0 Å². The van der Waals surface area contributed by atoms with Gasteiger partial charge in [-0.25, -0.2) is 0 Å². The molecular weight excluding hydrogens is 286 g/mol. The van der Waals surface area contributed by atoms with Gasteiger partial charge in [-0.3, -0.25) is 9.59 Å². The fourth-order valence-corrected chi connectivity index (χ4v) is 2.85. The molecule has 0 spiro atoms. The van der Waals surface area contributed by atoms with Crippen molar-refractivity contribution in [3.63, 3.8) is 0 Å². The van der Waals surface area contributed by atoms with Gasteiger partial charge in [0.25, 0.3) is 5.91 Å². The molecule has 6 heteroatoms. The molecule has 22 heavy (non-hydrogen) atoms. The quantitative estimate of drug-likeness (QED) is 0.862. The van der Waals surface area contributed by atoms with Gasteiger partial charge in [-0.05, 0) is 18.1 Å². The van der Waals surface area contributed by atoms with E-state index in [9.17, 15) is 9.59 Å². The van der Waals surface area contributed by atoms with Crippen LogP contribution in [0.5, 0.6) is 0 Å². The molecule has 1 amide bonds. The van der Waals surface area contributed by atoms with E-state index in [2.05, 4.69) is 0 Å². The Morgan fingerprint density at radius 2 is 2.05 bits per heavy atom. The molecule has 2 atom stereocenters. The van der Waals surface area contributed by atoms with Crippen LogP contribution >= 0.6 is 0 Å². The summed E-state index contributed by atoms with van der Waals surface area (Å²) in [5.41, 5.74) is 1.35. The highest BCUT2D eigenvalue weighted by atomic mass is 16.5. The van der Waals surface area contributed by atoms with Crippen LogP contribution in [0.2, 0.25) is 0 Å². The second-order valence-corrected chi connectivity index (χ2v) is 5.39. The van der Waals surface area contributed by atoms with Crippen LogP contribution in [0.15, 0.2) is 24.3 Å². The number of carbonyl (C=O) groups is 2. The van der Waals surface area contributed by atoms with Gasteiger partial charge in [-0.2, -0.15) is 0 Å². The fraction of sp³-hybridized carbons (Fsp3) is 0.500. The topological polar surface area (TPSA) is 76.1 Å². The second kappa shape index (κ2) is 7.38. The molecule has 1 N–H and O–H groups in total. The van der Waals surface area contributed by atoms with Crippen molar-refractivity contribution in [1.29, 1.82) is 0 Å². The van der Waals surface area contributed by atoms with Crippen molar-refractivity contribution in [3.05, 3.63) is 35.4 Å². The minimum Gasteiger partial charge on any atom is -0.481 e. The Labute approximate surface area is 129 Å². The summed E-state index contributed by atoms with van der Waals surface area (Å²) in [6.45, 7) is 0.752. The third-order valence-electron chi connectivity index (χ3n) is 3.93. The van der Waals surface area contributed by atoms with Gasteiger partial charge in [0.15, 0.2) is 0 Å². The number of nitrogens with zero attached hydrogens (tertiary/aromatic N) is 1. The molecule has 6 nitrogen and oxygen atoms in total. The number of hydrogen-bond donors (Lipinski definition) is 1. The first-order valence-electron chi connectivity index (χ1n) is 7.19. The van der Waals surface area contributed by atoms with E-state index in [1.165, 1.54) is 0 Å².